The molecule has 0 aliphatic carbocycles. The van der Waals surface area contributed by atoms with Gasteiger partial charge in [-0.25, -0.2) is 0 Å². The Balaban J connectivity index is 2.48. The molecule has 1 aliphatic rings. The molecular formula is C14H14Cl2O3. The molecule has 3 nitrogen and oxygen atoms in total. The number of ketones is 1. The zero-order valence-corrected chi connectivity index (χ0v) is 12.4. The number of cyclic esters (lactones) is 1. The second kappa shape index (κ2) is 4.80. The molecule has 0 radical (unpaired) electrons. The van der Waals surface area contributed by atoms with Crippen molar-refractivity contribution in [2.45, 2.75) is 26.9 Å². The van der Waals surface area contributed by atoms with Crippen LogP contribution in [-0.4, -0.2) is 11.8 Å². The third-order valence-electron chi connectivity index (χ3n) is 3.52. The monoisotopic (exact) mass is 300 g/mol. The van der Waals surface area contributed by atoms with Gasteiger partial charge >= 0.3 is 5.97 Å². The molecule has 1 fully saturated rings. The van der Waals surface area contributed by atoms with Gasteiger partial charge in [0.2, 0.25) is 0 Å². The van der Waals surface area contributed by atoms with Gasteiger partial charge in [0, 0.05) is 15.6 Å². The van der Waals surface area contributed by atoms with Crippen LogP contribution < -0.4 is 0 Å². The first-order valence-electron chi connectivity index (χ1n) is 5.95. The highest BCUT2D eigenvalue weighted by atomic mass is 35.5. The number of ether oxygens (including phenoxy) is 1. The Morgan fingerprint density at radius 3 is 2.42 bits per heavy atom. The molecule has 0 spiro atoms. The molecule has 2 atom stereocenters. The van der Waals surface area contributed by atoms with Gasteiger partial charge in [0.1, 0.15) is 12.0 Å². The van der Waals surface area contributed by atoms with Crippen LogP contribution in [0.3, 0.4) is 0 Å². The summed E-state index contributed by atoms with van der Waals surface area (Å²) in [5.74, 6) is -1.39. The Hall–Kier alpha value is -1.06. The number of hydrogen-bond donors (Lipinski definition) is 0. The summed E-state index contributed by atoms with van der Waals surface area (Å²) in [5.41, 5.74) is -0.213. The molecular weight excluding hydrogens is 287 g/mol. The minimum Gasteiger partial charge on any atom is -0.456 e. The lowest BCUT2D eigenvalue weighted by Gasteiger charge is -2.39. The van der Waals surface area contributed by atoms with Crippen LogP contribution >= 0.6 is 23.2 Å². The first-order chi connectivity index (χ1) is 8.75. The van der Waals surface area contributed by atoms with Crippen LogP contribution in [0.2, 0.25) is 10.0 Å². The highest BCUT2D eigenvalue weighted by Gasteiger charge is 2.49. The number of carbonyl (C=O) groups excluding carboxylic acids is 2. The highest BCUT2D eigenvalue weighted by Crippen LogP contribution is 2.45. The molecule has 0 bridgehead atoms. The largest absolute Gasteiger partial charge is 0.456 e. The van der Waals surface area contributed by atoms with Crippen LogP contribution in [0, 0.1) is 11.3 Å². The zero-order chi connectivity index (χ0) is 14.4. The minimum atomic E-state index is -0.815. The van der Waals surface area contributed by atoms with Crippen molar-refractivity contribution >= 4 is 35.0 Å². The van der Waals surface area contributed by atoms with Crippen molar-refractivity contribution in [3.8, 4) is 0 Å². The van der Waals surface area contributed by atoms with Crippen molar-refractivity contribution < 1.29 is 14.3 Å². The molecule has 1 aliphatic heterocycles. The molecule has 2 rings (SSSR count). The van der Waals surface area contributed by atoms with E-state index in [1.807, 2.05) is 0 Å². The summed E-state index contributed by atoms with van der Waals surface area (Å²) >= 11 is 12.0. The summed E-state index contributed by atoms with van der Waals surface area (Å²) in [6.07, 6.45) is -0.687. The van der Waals surface area contributed by atoms with E-state index < -0.39 is 23.4 Å². The van der Waals surface area contributed by atoms with Crippen LogP contribution in [0.5, 0.6) is 0 Å². The Bertz CT molecular complexity index is 552. The summed E-state index contributed by atoms with van der Waals surface area (Å²) in [4.78, 5) is 24.0. The third kappa shape index (κ3) is 2.37. The second-order valence-corrected chi connectivity index (χ2v) is 6.13. The molecule has 0 aromatic heterocycles. The maximum Gasteiger partial charge on any atom is 0.316 e. The number of esters is 1. The summed E-state index contributed by atoms with van der Waals surface area (Å²) < 4.78 is 5.40. The Morgan fingerprint density at radius 2 is 1.84 bits per heavy atom. The fraction of sp³-hybridized carbons (Fsp3) is 0.429. The summed E-state index contributed by atoms with van der Waals surface area (Å²) in [7, 11) is 0. The normalized spacial score (nSPS) is 26.2. The Labute approximate surface area is 121 Å². The molecule has 1 saturated heterocycles. The Morgan fingerprint density at radius 1 is 1.21 bits per heavy atom. The van der Waals surface area contributed by atoms with Crippen molar-refractivity contribution in [1.82, 2.24) is 0 Å². The van der Waals surface area contributed by atoms with Crippen LogP contribution in [0.4, 0.5) is 0 Å². The predicted octanol–water partition coefficient (Wildman–Crippen LogP) is 3.82. The second-order valence-electron chi connectivity index (χ2n) is 5.29. The van der Waals surface area contributed by atoms with E-state index in [-0.39, 0.29) is 5.78 Å². The molecule has 1 heterocycles. The van der Waals surface area contributed by atoms with E-state index in [2.05, 4.69) is 0 Å². The van der Waals surface area contributed by atoms with Crippen molar-refractivity contribution in [2.24, 2.45) is 11.3 Å². The lowest BCUT2D eigenvalue weighted by atomic mass is 9.73. The van der Waals surface area contributed by atoms with Gasteiger partial charge in [0.25, 0.3) is 0 Å². The average Bonchev–Trinajstić information content (AvgIpc) is 2.33. The quantitative estimate of drug-likeness (QED) is 0.585. The van der Waals surface area contributed by atoms with E-state index in [0.717, 1.165) is 0 Å². The van der Waals surface area contributed by atoms with Gasteiger partial charge in [-0.1, -0.05) is 29.3 Å². The number of Topliss-reactive ketones (excluding diaryl/α,β-unsaturated/α-hetero) is 1. The molecule has 0 unspecified atom stereocenters. The average molecular weight is 301 g/mol. The van der Waals surface area contributed by atoms with Gasteiger partial charge in [0.15, 0.2) is 5.78 Å². The van der Waals surface area contributed by atoms with E-state index in [9.17, 15) is 9.59 Å². The third-order valence-corrected chi connectivity index (χ3v) is 4.08. The lowest BCUT2D eigenvalue weighted by Crippen LogP contribution is -2.46. The molecule has 1 aromatic rings. The highest BCUT2D eigenvalue weighted by molar-refractivity contribution is 6.35. The zero-order valence-electron chi connectivity index (χ0n) is 10.9. The van der Waals surface area contributed by atoms with Crippen LogP contribution in [0.25, 0.3) is 0 Å². The van der Waals surface area contributed by atoms with Crippen molar-refractivity contribution in [3.05, 3.63) is 33.8 Å². The SMILES string of the molecule is C[C@@H]1C(=O)O[C@H](c2ccc(Cl)cc2Cl)C(C)(C)C1=O. The number of benzene rings is 1. The maximum absolute atomic E-state index is 12.2. The minimum absolute atomic E-state index is 0.139. The fourth-order valence-corrected chi connectivity index (χ4v) is 2.83. The van der Waals surface area contributed by atoms with Gasteiger partial charge in [-0.2, -0.15) is 0 Å². The predicted molar refractivity (Wildman–Crippen MR) is 73.2 cm³/mol. The fourth-order valence-electron chi connectivity index (χ4n) is 2.33. The van der Waals surface area contributed by atoms with Crippen LogP contribution in [-0.2, 0) is 14.3 Å². The number of hydrogen-bond acceptors (Lipinski definition) is 3. The molecule has 0 amide bonds. The topological polar surface area (TPSA) is 43.4 Å². The van der Waals surface area contributed by atoms with Gasteiger partial charge in [0.05, 0.1) is 5.41 Å². The number of rotatable bonds is 1. The first kappa shape index (κ1) is 14.4. The lowest BCUT2D eigenvalue weighted by molar-refractivity contribution is -0.177. The van der Waals surface area contributed by atoms with Gasteiger partial charge < -0.3 is 4.74 Å². The molecule has 0 N–H and O–H groups in total. The van der Waals surface area contributed by atoms with Crippen LogP contribution in [0.1, 0.15) is 32.4 Å². The van der Waals surface area contributed by atoms with Crippen LogP contribution in [0.15, 0.2) is 18.2 Å². The molecule has 5 heteroatoms. The van der Waals surface area contributed by atoms with Crippen molar-refractivity contribution in [2.75, 3.05) is 0 Å². The molecule has 0 saturated carbocycles. The van der Waals surface area contributed by atoms with Crippen molar-refractivity contribution in [1.29, 1.82) is 0 Å². The van der Waals surface area contributed by atoms with E-state index >= 15 is 0 Å². The van der Waals surface area contributed by atoms with E-state index in [4.69, 9.17) is 27.9 Å². The van der Waals surface area contributed by atoms with Crippen molar-refractivity contribution in [3.63, 3.8) is 0 Å². The summed E-state index contributed by atoms with van der Waals surface area (Å²) in [5, 5.41) is 0.883. The van der Waals surface area contributed by atoms with Gasteiger partial charge in [-0.05, 0) is 32.9 Å². The number of halogens is 2. The maximum atomic E-state index is 12.2. The first-order valence-corrected chi connectivity index (χ1v) is 6.70. The number of carbonyl (C=O) groups is 2. The van der Waals surface area contributed by atoms with Gasteiger partial charge in [-0.15, -0.1) is 0 Å². The van der Waals surface area contributed by atoms with Gasteiger partial charge in [-0.3, -0.25) is 9.59 Å². The van der Waals surface area contributed by atoms with E-state index in [1.165, 1.54) is 0 Å². The summed E-state index contributed by atoms with van der Waals surface area (Å²) in [6.45, 7) is 5.08. The Kier molecular flexibility index (Phi) is 3.63. The molecule has 19 heavy (non-hydrogen) atoms. The van der Waals surface area contributed by atoms with E-state index in [0.29, 0.717) is 15.6 Å². The molecule has 1 aromatic carbocycles. The summed E-state index contributed by atoms with van der Waals surface area (Å²) in [6, 6.07) is 4.92. The smallest absolute Gasteiger partial charge is 0.316 e. The van der Waals surface area contributed by atoms with E-state index in [1.54, 1.807) is 39.0 Å². The molecule has 102 valence electrons. The standard InChI is InChI=1S/C14H14Cl2O3/c1-7-11(17)14(2,3)12(19-13(7)18)9-5-4-8(15)6-10(9)16/h4-7,12H,1-3H3/t7-,12+/m0/s1.